The zero-order valence-corrected chi connectivity index (χ0v) is 17.5. The third kappa shape index (κ3) is 3.79. The number of carbonyl (C=O) groups is 1. The molecule has 3 heterocycles. The van der Waals surface area contributed by atoms with Gasteiger partial charge in [0.05, 0.1) is 23.0 Å². The molecule has 1 atom stereocenters. The predicted octanol–water partition coefficient (Wildman–Crippen LogP) is 2.75. The first-order valence-electron chi connectivity index (χ1n) is 10.7. The Morgan fingerprint density at radius 2 is 1.88 bits per heavy atom. The number of carbonyl (C=O) groups excluding carboxylic acids is 1. The number of hydrogen-bond donors (Lipinski definition) is 1. The van der Waals surface area contributed by atoms with E-state index in [0.29, 0.717) is 49.1 Å². The third-order valence-electron chi connectivity index (χ3n) is 5.75. The Hall–Kier alpha value is -3.83. The lowest BCUT2D eigenvalue weighted by Gasteiger charge is -2.30. The van der Waals surface area contributed by atoms with Crippen molar-refractivity contribution in [3.63, 3.8) is 0 Å². The molecule has 3 aromatic rings. The maximum Gasteiger partial charge on any atom is 0.274 e. The maximum atomic E-state index is 13.2. The Morgan fingerprint density at radius 3 is 2.62 bits per heavy atom. The summed E-state index contributed by atoms with van der Waals surface area (Å²) < 4.78 is 13.1. The molecule has 0 saturated carbocycles. The van der Waals surface area contributed by atoms with Crippen LogP contribution in [0.1, 0.15) is 28.9 Å². The molecule has 1 saturated heterocycles. The van der Waals surface area contributed by atoms with Crippen LogP contribution in [0.4, 0.5) is 0 Å². The maximum absolute atomic E-state index is 13.2. The van der Waals surface area contributed by atoms with Crippen molar-refractivity contribution in [1.29, 1.82) is 5.26 Å². The fourth-order valence-electron chi connectivity index (χ4n) is 4.12. The summed E-state index contributed by atoms with van der Waals surface area (Å²) in [5.74, 6) is 1.20. The standard InChI is InChI=1S/C24H23N5O3/c25-14-16-3-5-17(6-4-16)21-13-20(24(30)28-9-1-2-18(26)15-28)27-29(21)19-7-8-22-23(12-19)32-11-10-31-22/h3-8,12-13,18H,1-2,9-11,15,26H2/t18-/m1/s1. The molecule has 1 amide bonds. The van der Waals surface area contributed by atoms with Crippen LogP contribution >= 0.6 is 0 Å². The second kappa shape index (κ2) is 8.36. The van der Waals surface area contributed by atoms with Gasteiger partial charge in [-0.05, 0) is 43.2 Å². The number of aromatic nitrogens is 2. The van der Waals surface area contributed by atoms with E-state index in [0.717, 1.165) is 29.8 Å². The van der Waals surface area contributed by atoms with Gasteiger partial charge in [-0.15, -0.1) is 0 Å². The second-order valence-electron chi connectivity index (χ2n) is 8.00. The summed E-state index contributed by atoms with van der Waals surface area (Å²) in [6.07, 6.45) is 1.81. The molecule has 162 valence electrons. The molecule has 5 rings (SSSR count). The van der Waals surface area contributed by atoms with Gasteiger partial charge in [0.1, 0.15) is 13.2 Å². The number of amides is 1. The average molecular weight is 429 g/mol. The first-order valence-corrected chi connectivity index (χ1v) is 10.7. The number of nitrogens with two attached hydrogens (primary N) is 1. The smallest absolute Gasteiger partial charge is 0.274 e. The molecule has 32 heavy (non-hydrogen) atoms. The molecule has 0 unspecified atom stereocenters. The number of fused-ring (bicyclic) bond motifs is 1. The van der Waals surface area contributed by atoms with Gasteiger partial charge in [0.25, 0.3) is 5.91 Å². The topological polar surface area (TPSA) is 106 Å². The lowest BCUT2D eigenvalue weighted by Crippen LogP contribution is -2.45. The van der Waals surface area contributed by atoms with Gasteiger partial charge in [0.2, 0.25) is 0 Å². The van der Waals surface area contributed by atoms with E-state index < -0.39 is 0 Å². The first-order chi connectivity index (χ1) is 15.6. The molecule has 1 aromatic heterocycles. The van der Waals surface area contributed by atoms with E-state index in [1.54, 1.807) is 27.8 Å². The van der Waals surface area contributed by atoms with Crippen molar-refractivity contribution in [2.24, 2.45) is 5.73 Å². The van der Waals surface area contributed by atoms with Gasteiger partial charge in [-0.25, -0.2) is 4.68 Å². The number of nitrogens with zero attached hydrogens (tertiary/aromatic N) is 4. The van der Waals surface area contributed by atoms with Crippen molar-refractivity contribution >= 4 is 5.91 Å². The van der Waals surface area contributed by atoms with Crippen LogP contribution in [-0.2, 0) is 0 Å². The van der Waals surface area contributed by atoms with Crippen LogP contribution in [0.3, 0.4) is 0 Å². The molecule has 1 fully saturated rings. The van der Waals surface area contributed by atoms with Crippen LogP contribution < -0.4 is 15.2 Å². The highest BCUT2D eigenvalue weighted by atomic mass is 16.6. The molecular formula is C24H23N5O3. The van der Waals surface area contributed by atoms with E-state index >= 15 is 0 Å². The minimum absolute atomic E-state index is 0.00873. The Balaban J connectivity index is 1.57. The van der Waals surface area contributed by atoms with Crippen molar-refractivity contribution in [1.82, 2.24) is 14.7 Å². The monoisotopic (exact) mass is 429 g/mol. The van der Waals surface area contributed by atoms with Crippen LogP contribution in [0.15, 0.2) is 48.5 Å². The Bertz CT molecular complexity index is 1200. The number of piperidine rings is 1. The van der Waals surface area contributed by atoms with Gasteiger partial charge < -0.3 is 20.1 Å². The van der Waals surface area contributed by atoms with E-state index in [1.165, 1.54) is 0 Å². The normalized spacial score (nSPS) is 17.6. The van der Waals surface area contributed by atoms with Crippen molar-refractivity contribution < 1.29 is 14.3 Å². The van der Waals surface area contributed by atoms with Crippen LogP contribution in [0.25, 0.3) is 16.9 Å². The summed E-state index contributed by atoms with van der Waals surface area (Å²) in [7, 11) is 0. The van der Waals surface area contributed by atoms with E-state index in [9.17, 15) is 4.79 Å². The number of ether oxygens (including phenoxy) is 2. The zero-order chi connectivity index (χ0) is 22.1. The number of likely N-dealkylation sites (tertiary alicyclic amines) is 1. The number of hydrogen-bond acceptors (Lipinski definition) is 6. The Kier molecular flexibility index (Phi) is 5.25. The van der Waals surface area contributed by atoms with Gasteiger partial charge in [-0.1, -0.05) is 12.1 Å². The van der Waals surface area contributed by atoms with Crippen molar-refractivity contribution in [2.75, 3.05) is 26.3 Å². The third-order valence-corrected chi connectivity index (χ3v) is 5.75. The molecular weight excluding hydrogens is 406 g/mol. The highest BCUT2D eigenvalue weighted by Gasteiger charge is 2.26. The molecule has 2 aliphatic rings. The van der Waals surface area contributed by atoms with Crippen molar-refractivity contribution in [2.45, 2.75) is 18.9 Å². The molecule has 8 nitrogen and oxygen atoms in total. The Morgan fingerprint density at radius 1 is 1.09 bits per heavy atom. The number of rotatable bonds is 3. The zero-order valence-electron chi connectivity index (χ0n) is 17.5. The van der Waals surface area contributed by atoms with Gasteiger partial charge in [0, 0.05) is 30.8 Å². The Labute approximate surface area is 185 Å². The highest BCUT2D eigenvalue weighted by Crippen LogP contribution is 2.34. The fraction of sp³-hybridized carbons (Fsp3) is 0.292. The molecule has 8 heteroatoms. The lowest BCUT2D eigenvalue weighted by atomic mass is 10.1. The highest BCUT2D eigenvalue weighted by molar-refractivity contribution is 5.93. The summed E-state index contributed by atoms with van der Waals surface area (Å²) in [6.45, 7) is 2.20. The van der Waals surface area contributed by atoms with E-state index in [4.69, 9.17) is 20.5 Å². The minimum Gasteiger partial charge on any atom is -0.486 e. The fourth-order valence-corrected chi connectivity index (χ4v) is 4.12. The summed E-state index contributed by atoms with van der Waals surface area (Å²) in [6, 6.07) is 16.7. The van der Waals surface area contributed by atoms with Crippen LogP contribution in [-0.4, -0.2) is 52.9 Å². The van der Waals surface area contributed by atoms with Crippen molar-refractivity contribution in [3.05, 3.63) is 59.8 Å². The number of benzene rings is 2. The molecule has 2 aliphatic heterocycles. The van der Waals surface area contributed by atoms with E-state index in [1.807, 2.05) is 30.3 Å². The van der Waals surface area contributed by atoms with E-state index in [-0.39, 0.29) is 11.9 Å². The number of nitriles is 1. The van der Waals surface area contributed by atoms with Crippen LogP contribution in [0.2, 0.25) is 0 Å². The summed E-state index contributed by atoms with van der Waals surface area (Å²) in [5.41, 5.74) is 9.35. The predicted molar refractivity (Wildman–Crippen MR) is 118 cm³/mol. The molecule has 0 radical (unpaired) electrons. The van der Waals surface area contributed by atoms with Crippen LogP contribution in [0.5, 0.6) is 11.5 Å². The molecule has 2 aromatic carbocycles. The van der Waals surface area contributed by atoms with Crippen LogP contribution in [0, 0.1) is 11.3 Å². The average Bonchev–Trinajstić information content (AvgIpc) is 3.29. The van der Waals surface area contributed by atoms with Gasteiger partial charge in [-0.2, -0.15) is 10.4 Å². The van der Waals surface area contributed by atoms with Gasteiger partial charge in [-0.3, -0.25) is 4.79 Å². The lowest BCUT2D eigenvalue weighted by molar-refractivity contribution is 0.0702. The minimum atomic E-state index is -0.133. The molecule has 0 spiro atoms. The summed E-state index contributed by atoms with van der Waals surface area (Å²) in [4.78, 5) is 15.0. The summed E-state index contributed by atoms with van der Waals surface area (Å²) in [5, 5.41) is 13.8. The van der Waals surface area contributed by atoms with E-state index in [2.05, 4.69) is 11.2 Å². The molecule has 2 N–H and O–H groups in total. The van der Waals surface area contributed by atoms with Gasteiger partial charge >= 0.3 is 0 Å². The summed E-state index contributed by atoms with van der Waals surface area (Å²) >= 11 is 0. The van der Waals surface area contributed by atoms with Gasteiger partial charge in [0.15, 0.2) is 17.2 Å². The second-order valence-corrected chi connectivity index (χ2v) is 8.00. The molecule has 0 aliphatic carbocycles. The first kappa shape index (κ1) is 20.1. The van der Waals surface area contributed by atoms with Crippen molar-refractivity contribution in [3.8, 4) is 34.5 Å². The largest absolute Gasteiger partial charge is 0.486 e. The quantitative estimate of drug-likeness (QED) is 0.686. The molecule has 0 bridgehead atoms. The SMILES string of the molecule is N#Cc1ccc(-c2cc(C(=O)N3CCC[C@@H](N)C3)nn2-c2ccc3c(c2)OCCO3)cc1.